The van der Waals surface area contributed by atoms with Crippen LogP contribution in [0.5, 0.6) is 0 Å². The van der Waals surface area contributed by atoms with Crippen LogP contribution < -0.4 is 11.5 Å². The number of guanidine groups is 1. The largest absolute Gasteiger partial charge is 0.369 e. The summed E-state index contributed by atoms with van der Waals surface area (Å²) in [6.45, 7) is 0. The van der Waals surface area contributed by atoms with Gasteiger partial charge in [-0.05, 0) is 0 Å². The molecule has 0 aliphatic carbocycles. The highest BCUT2D eigenvalue weighted by atomic mass is 15.3. The van der Waals surface area contributed by atoms with E-state index in [2.05, 4.69) is 15.3 Å². The lowest BCUT2D eigenvalue weighted by Crippen LogP contribution is -2.21. The molecule has 0 spiro atoms. The first kappa shape index (κ1) is 6.54. The van der Waals surface area contributed by atoms with Gasteiger partial charge >= 0.3 is 0 Å². The second-order valence-corrected chi connectivity index (χ2v) is 0.885. The van der Waals surface area contributed by atoms with Gasteiger partial charge in [-0.15, -0.1) is 15.3 Å². The number of hydrogen-bond donors (Lipinski definition) is 3. The molecule has 0 aliphatic rings. The van der Waals surface area contributed by atoms with Gasteiger partial charge in [0.2, 0.25) is 5.96 Å². The minimum Gasteiger partial charge on any atom is -0.369 e. The maximum atomic E-state index is 6.17. The second-order valence-electron chi connectivity index (χ2n) is 0.885. The van der Waals surface area contributed by atoms with E-state index in [-0.39, 0.29) is 5.96 Å². The maximum Gasteiger partial charge on any atom is 0.211 e. The lowest BCUT2D eigenvalue weighted by atomic mass is 11.1. The average molecular weight is 114 g/mol. The molecule has 0 saturated heterocycles. The van der Waals surface area contributed by atoms with Gasteiger partial charge in [0.25, 0.3) is 0 Å². The minimum atomic E-state index is -0.148. The van der Waals surface area contributed by atoms with Crippen molar-refractivity contribution in [3.63, 3.8) is 0 Å². The SMILES string of the molecule is N=N/C=N/N=C(N)N. The van der Waals surface area contributed by atoms with Gasteiger partial charge in [0.15, 0.2) is 6.34 Å². The van der Waals surface area contributed by atoms with Crippen molar-refractivity contribution in [3.05, 3.63) is 0 Å². The Morgan fingerprint density at radius 2 is 2.12 bits per heavy atom. The molecule has 0 fully saturated rings. The van der Waals surface area contributed by atoms with Crippen molar-refractivity contribution in [2.75, 3.05) is 0 Å². The highest BCUT2D eigenvalue weighted by molar-refractivity contribution is 5.76. The summed E-state index contributed by atoms with van der Waals surface area (Å²) in [5.41, 5.74) is 15.9. The molecule has 5 N–H and O–H groups in total. The first-order valence-electron chi connectivity index (χ1n) is 1.74. The van der Waals surface area contributed by atoms with Crippen LogP contribution in [-0.4, -0.2) is 12.3 Å². The van der Waals surface area contributed by atoms with Crippen molar-refractivity contribution in [3.8, 4) is 0 Å². The van der Waals surface area contributed by atoms with Crippen molar-refractivity contribution in [1.82, 2.24) is 0 Å². The van der Waals surface area contributed by atoms with E-state index in [9.17, 15) is 0 Å². The Kier molecular flexibility index (Phi) is 3.04. The Morgan fingerprint density at radius 1 is 1.50 bits per heavy atom. The smallest absolute Gasteiger partial charge is 0.211 e. The zero-order chi connectivity index (χ0) is 6.41. The molecule has 0 aromatic rings. The van der Waals surface area contributed by atoms with Gasteiger partial charge in [0, 0.05) is 0 Å². The molecule has 0 unspecified atom stereocenters. The van der Waals surface area contributed by atoms with Crippen LogP contribution in [-0.2, 0) is 0 Å². The number of nitrogens with two attached hydrogens (primary N) is 2. The van der Waals surface area contributed by atoms with Crippen LogP contribution >= 0.6 is 0 Å². The Balaban J connectivity index is 3.57. The lowest BCUT2D eigenvalue weighted by molar-refractivity contribution is 1.15. The summed E-state index contributed by atoms with van der Waals surface area (Å²) in [6.07, 6.45) is 0.916. The van der Waals surface area contributed by atoms with E-state index in [0.717, 1.165) is 6.34 Å². The molecule has 0 atom stereocenters. The topological polar surface area (TPSA) is 113 Å². The lowest BCUT2D eigenvalue weighted by Gasteiger charge is -1.78. The van der Waals surface area contributed by atoms with Gasteiger partial charge in [0.05, 0.1) is 0 Å². The molecule has 8 heavy (non-hydrogen) atoms. The zero-order valence-corrected chi connectivity index (χ0v) is 4.07. The monoisotopic (exact) mass is 114 g/mol. The van der Waals surface area contributed by atoms with E-state index in [1.807, 2.05) is 0 Å². The molecular weight excluding hydrogens is 108 g/mol. The third kappa shape index (κ3) is 4.54. The fraction of sp³-hybridized carbons (Fsp3) is 0. The van der Waals surface area contributed by atoms with E-state index in [4.69, 9.17) is 17.0 Å². The van der Waals surface area contributed by atoms with Crippen LogP contribution in [0.3, 0.4) is 0 Å². The first-order chi connectivity index (χ1) is 3.77. The first-order valence-corrected chi connectivity index (χ1v) is 1.74. The summed E-state index contributed by atoms with van der Waals surface area (Å²) in [7, 11) is 0. The van der Waals surface area contributed by atoms with Crippen molar-refractivity contribution < 1.29 is 0 Å². The molecule has 6 nitrogen and oxygen atoms in total. The van der Waals surface area contributed by atoms with E-state index in [1.165, 1.54) is 0 Å². The normalized spacial score (nSPS) is 9.00. The molecule has 0 aromatic heterocycles. The third-order valence-electron chi connectivity index (χ3n) is 0.283. The van der Waals surface area contributed by atoms with Crippen molar-refractivity contribution in [1.29, 1.82) is 5.53 Å². The number of nitrogens with zero attached hydrogens (tertiary/aromatic N) is 3. The molecule has 0 aromatic carbocycles. The summed E-state index contributed by atoms with van der Waals surface area (Å²) in [6, 6.07) is 0. The summed E-state index contributed by atoms with van der Waals surface area (Å²) >= 11 is 0. The number of rotatable bonds is 2. The molecule has 0 radical (unpaired) electrons. The zero-order valence-electron chi connectivity index (χ0n) is 4.07. The molecule has 0 amide bonds. The fourth-order valence-electron chi connectivity index (χ4n) is 0.118. The van der Waals surface area contributed by atoms with Crippen LogP contribution in [0.25, 0.3) is 0 Å². The second kappa shape index (κ2) is 3.72. The molecule has 0 rings (SSSR count). The van der Waals surface area contributed by atoms with Crippen LogP contribution in [0.15, 0.2) is 15.3 Å². The van der Waals surface area contributed by atoms with Gasteiger partial charge < -0.3 is 11.5 Å². The van der Waals surface area contributed by atoms with Crippen molar-refractivity contribution in [2.45, 2.75) is 0 Å². The molecule has 0 aliphatic heterocycles. The van der Waals surface area contributed by atoms with Crippen LogP contribution in [0, 0.1) is 5.53 Å². The Bertz CT molecular complexity index is 118. The Hall–Kier alpha value is -1.46. The Morgan fingerprint density at radius 3 is 2.50 bits per heavy atom. The maximum absolute atomic E-state index is 6.17. The van der Waals surface area contributed by atoms with Gasteiger partial charge in [0.1, 0.15) is 0 Å². The molecule has 0 bridgehead atoms. The van der Waals surface area contributed by atoms with E-state index < -0.39 is 0 Å². The highest BCUT2D eigenvalue weighted by Crippen LogP contribution is 1.64. The molecular formula is C2H6N6. The quantitative estimate of drug-likeness (QED) is 0.189. The molecule has 6 heteroatoms. The van der Waals surface area contributed by atoms with Gasteiger partial charge in [-0.3, -0.25) is 0 Å². The predicted octanol–water partition coefficient (Wildman–Crippen LogP) is -0.766. The van der Waals surface area contributed by atoms with Crippen LogP contribution in [0.4, 0.5) is 0 Å². The fourth-order valence-corrected chi connectivity index (χ4v) is 0.118. The van der Waals surface area contributed by atoms with E-state index in [1.54, 1.807) is 0 Å². The van der Waals surface area contributed by atoms with Gasteiger partial charge in [-0.25, -0.2) is 5.53 Å². The summed E-state index contributed by atoms with van der Waals surface area (Å²) < 4.78 is 0. The number of hydrogen-bond acceptors (Lipinski definition) is 3. The van der Waals surface area contributed by atoms with Crippen molar-refractivity contribution >= 4 is 12.3 Å². The summed E-state index contributed by atoms with van der Waals surface area (Å²) in [5, 5.41) is 9.04. The number of nitrogens with one attached hydrogen (secondary N) is 1. The van der Waals surface area contributed by atoms with Gasteiger partial charge in [-0.2, -0.15) is 0 Å². The predicted molar refractivity (Wildman–Crippen MR) is 29.4 cm³/mol. The third-order valence-corrected chi connectivity index (χ3v) is 0.283. The summed E-state index contributed by atoms with van der Waals surface area (Å²) in [5.74, 6) is -0.148. The molecule has 0 heterocycles. The van der Waals surface area contributed by atoms with Crippen LogP contribution in [0.2, 0.25) is 0 Å². The molecule has 44 valence electrons. The Labute approximate surface area is 45.8 Å². The van der Waals surface area contributed by atoms with Crippen LogP contribution in [0.1, 0.15) is 0 Å². The average Bonchev–Trinajstić information content (AvgIpc) is 1.66. The van der Waals surface area contributed by atoms with Crippen molar-refractivity contribution in [2.24, 2.45) is 26.8 Å². The minimum absolute atomic E-state index is 0.148. The standard InChI is InChI=1S/C2H6N6/c3-2(4)8-7-1-6-5/h1,5H,(H4,3,4,8)/b6-5?,7-1+. The van der Waals surface area contributed by atoms with Gasteiger partial charge in [-0.1, -0.05) is 0 Å². The highest BCUT2D eigenvalue weighted by Gasteiger charge is 1.69. The van der Waals surface area contributed by atoms with E-state index >= 15 is 0 Å². The van der Waals surface area contributed by atoms with E-state index in [0.29, 0.717) is 0 Å². The summed E-state index contributed by atoms with van der Waals surface area (Å²) in [4.78, 5) is 0. The molecule has 0 saturated carbocycles.